The van der Waals surface area contributed by atoms with E-state index in [0.29, 0.717) is 31.5 Å². The van der Waals surface area contributed by atoms with Crippen LogP contribution < -0.4 is 0 Å². The minimum atomic E-state index is -4.45. The van der Waals surface area contributed by atoms with Gasteiger partial charge in [0.05, 0.1) is 11.8 Å². The van der Waals surface area contributed by atoms with Crippen LogP contribution in [0.2, 0.25) is 5.02 Å². The Morgan fingerprint density at radius 2 is 2.12 bits per heavy atom. The lowest BCUT2D eigenvalue weighted by Gasteiger charge is -2.36. The van der Waals surface area contributed by atoms with Crippen molar-refractivity contribution in [2.45, 2.75) is 31.2 Å². The number of aliphatic hydroxyl groups excluding tert-OH is 1. The van der Waals surface area contributed by atoms with Crippen LogP contribution in [0.1, 0.15) is 41.7 Å². The summed E-state index contributed by atoms with van der Waals surface area (Å²) in [6, 6.07) is 3.92. The van der Waals surface area contributed by atoms with Gasteiger partial charge in [0.15, 0.2) is 0 Å². The molecule has 1 aliphatic heterocycles. The fourth-order valence-electron chi connectivity index (χ4n) is 3.40. The lowest BCUT2D eigenvalue weighted by molar-refractivity contribution is -0.138. The van der Waals surface area contributed by atoms with Crippen molar-refractivity contribution < 1.29 is 18.3 Å². The van der Waals surface area contributed by atoms with Crippen molar-refractivity contribution in [3.8, 4) is 0 Å². The molecule has 2 heterocycles. The van der Waals surface area contributed by atoms with E-state index in [1.54, 1.807) is 29.0 Å². The van der Waals surface area contributed by atoms with E-state index in [2.05, 4.69) is 5.10 Å². The maximum atomic E-state index is 13.4. The Kier molecular flexibility index (Phi) is 5.09. The molecule has 0 aliphatic carbocycles. The maximum Gasteiger partial charge on any atom is 0.416 e. The zero-order valence-electron chi connectivity index (χ0n) is 13.7. The Labute approximate surface area is 148 Å². The Morgan fingerprint density at radius 3 is 2.76 bits per heavy atom. The predicted octanol–water partition coefficient (Wildman–Crippen LogP) is 3.96. The molecule has 0 spiro atoms. The molecule has 2 atom stereocenters. The second-order valence-electron chi connectivity index (χ2n) is 6.38. The molecule has 4 nitrogen and oxygen atoms in total. The fourth-order valence-corrected chi connectivity index (χ4v) is 3.57. The second-order valence-corrected chi connectivity index (χ2v) is 6.82. The summed E-state index contributed by atoms with van der Waals surface area (Å²) in [6.45, 7) is 0.974. The molecule has 2 unspecified atom stereocenters. The Morgan fingerprint density at radius 1 is 1.36 bits per heavy atom. The van der Waals surface area contributed by atoms with Crippen molar-refractivity contribution in [3.05, 3.63) is 52.3 Å². The van der Waals surface area contributed by atoms with Gasteiger partial charge in [0, 0.05) is 36.9 Å². The SMILES string of the molecule is Cn1cc(C(O)N2CCCC(c3ccc(Cl)cc3C(F)(F)F)C2)cn1. The molecular weight excluding hydrogens is 355 g/mol. The number of aliphatic hydroxyl groups is 1. The van der Waals surface area contributed by atoms with Gasteiger partial charge < -0.3 is 5.11 Å². The first-order chi connectivity index (χ1) is 11.8. The van der Waals surface area contributed by atoms with Crippen molar-refractivity contribution >= 4 is 11.6 Å². The van der Waals surface area contributed by atoms with E-state index in [1.165, 1.54) is 12.1 Å². The molecule has 0 radical (unpaired) electrons. The van der Waals surface area contributed by atoms with E-state index in [0.717, 1.165) is 6.07 Å². The Balaban J connectivity index is 1.84. The number of hydrogen-bond acceptors (Lipinski definition) is 3. The average molecular weight is 374 g/mol. The van der Waals surface area contributed by atoms with E-state index < -0.39 is 18.0 Å². The minimum Gasteiger partial charge on any atom is -0.374 e. The van der Waals surface area contributed by atoms with Gasteiger partial charge in [-0.3, -0.25) is 9.58 Å². The largest absolute Gasteiger partial charge is 0.416 e. The highest BCUT2D eigenvalue weighted by atomic mass is 35.5. The lowest BCUT2D eigenvalue weighted by Crippen LogP contribution is -2.37. The molecule has 1 saturated heterocycles. The maximum absolute atomic E-state index is 13.4. The van der Waals surface area contributed by atoms with Crippen molar-refractivity contribution in [2.75, 3.05) is 13.1 Å². The number of piperidine rings is 1. The van der Waals surface area contributed by atoms with Crippen LogP contribution in [0.3, 0.4) is 0 Å². The molecule has 8 heteroatoms. The molecule has 25 heavy (non-hydrogen) atoms. The molecule has 1 N–H and O–H groups in total. The first-order valence-electron chi connectivity index (χ1n) is 8.03. The van der Waals surface area contributed by atoms with Crippen molar-refractivity contribution in [2.24, 2.45) is 7.05 Å². The monoisotopic (exact) mass is 373 g/mol. The molecule has 1 aromatic carbocycles. The summed E-state index contributed by atoms with van der Waals surface area (Å²) in [5.74, 6) is -0.311. The van der Waals surface area contributed by atoms with Gasteiger partial charge in [-0.05, 0) is 36.5 Å². The topological polar surface area (TPSA) is 41.3 Å². The molecule has 3 rings (SSSR count). The summed E-state index contributed by atoms with van der Waals surface area (Å²) < 4.78 is 41.7. The highest BCUT2D eigenvalue weighted by Crippen LogP contribution is 2.40. The highest BCUT2D eigenvalue weighted by Gasteiger charge is 2.37. The molecule has 0 saturated carbocycles. The zero-order valence-corrected chi connectivity index (χ0v) is 14.4. The quantitative estimate of drug-likeness (QED) is 0.885. The molecule has 0 amide bonds. The summed E-state index contributed by atoms with van der Waals surface area (Å²) in [6.07, 6.45) is -0.707. The third kappa shape index (κ3) is 3.99. The molecular formula is C17H19ClF3N3O. The predicted molar refractivity (Wildman–Crippen MR) is 88.2 cm³/mol. The lowest BCUT2D eigenvalue weighted by atomic mass is 9.87. The zero-order chi connectivity index (χ0) is 18.2. The Bertz CT molecular complexity index is 747. The van der Waals surface area contributed by atoms with Gasteiger partial charge in [-0.15, -0.1) is 0 Å². The van der Waals surface area contributed by atoms with Crippen LogP contribution in [-0.2, 0) is 13.2 Å². The van der Waals surface area contributed by atoms with Gasteiger partial charge in [0.25, 0.3) is 0 Å². The summed E-state index contributed by atoms with van der Waals surface area (Å²) in [4.78, 5) is 1.79. The number of rotatable bonds is 3. The number of likely N-dealkylation sites (tertiary alicyclic amines) is 1. The number of aryl methyl sites for hydroxylation is 1. The first-order valence-corrected chi connectivity index (χ1v) is 8.41. The fraction of sp³-hybridized carbons (Fsp3) is 0.471. The van der Waals surface area contributed by atoms with Gasteiger partial charge in [-0.1, -0.05) is 17.7 Å². The molecule has 1 fully saturated rings. The van der Waals surface area contributed by atoms with Crippen molar-refractivity contribution in [1.29, 1.82) is 0 Å². The van der Waals surface area contributed by atoms with Crippen LogP contribution in [0, 0.1) is 0 Å². The van der Waals surface area contributed by atoms with Crippen LogP contribution in [0.5, 0.6) is 0 Å². The van der Waals surface area contributed by atoms with Crippen LogP contribution >= 0.6 is 11.6 Å². The Hall–Kier alpha value is -1.57. The third-order valence-electron chi connectivity index (χ3n) is 4.58. The minimum absolute atomic E-state index is 0.0686. The van der Waals surface area contributed by atoms with Gasteiger partial charge >= 0.3 is 6.18 Å². The molecule has 0 bridgehead atoms. The molecule has 136 valence electrons. The van der Waals surface area contributed by atoms with Crippen LogP contribution in [0.25, 0.3) is 0 Å². The van der Waals surface area contributed by atoms with E-state index >= 15 is 0 Å². The second kappa shape index (κ2) is 6.97. The van der Waals surface area contributed by atoms with Gasteiger partial charge in [0.2, 0.25) is 0 Å². The third-order valence-corrected chi connectivity index (χ3v) is 4.82. The van der Waals surface area contributed by atoms with Crippen LogP contribution in [0.15, 0.2) is 30.6 Å². The molecule has 1 aliphatic rings. The number of alkyl halides is 3. The van der Waals surface area contributed by atoms with E-state index in [4.69, 9.17) is 11.6 Å². The van der Waals surface area contributed by atoms with Crippen molar-refractivity contribution in [3.63, 3.8) is 0 Å². The van der Waals surface area contributed by atoms with E-state index in [-0.39, 0.29) is 16.5 Å². The summed E-state index contributed by atoms with van der Waals surface area (Å²) in [7, 11) is 1.75. The number of halogens is 4. The van der Waals surface area contributed by atoms with Gasteiger partial charge in [-0.2, -0.15) is 18.3 Å². The van der Waals surface area contributed by atoms with Gasteiger partial charge in [0.1, 0.15) is 6.23 Å². The molecule has 1 aromatic heterocycles. The number of benzene rings is 1. The summed E-state index contributed by atoms with van der Waals surface area (Å²) in [5.41, 5.74) is 0.179. The summed E-state index contributed by atoms with van der Waals surface area (Å²) >= 11 is 5.76. The van der Waals surface area contributed by atoms with Crippen LogP contribution in [-0.4, -0.2) is 32.9 Å². The summed E-state index contributed by atoms with van der Waals surface area (Å²) in [5, 5.41) is 14.6. The van der Waals surface area contributed by atoms with Crippen LogP contribution in [0.4, 0.5) is 13.2 Å². The number of hydrogen-bond donors (Lipinski definition) is 1. The van der Waals surface area contributed by atoms with E-state index in [9.17, 15) is 18.3 Å². The first kappa shape index (κ1) is 18.2. The van der Waals surface area contributed by atoms with E-state index in [1.807, 2.05) is 0 Å². The van der Waals surface area contributed by atoms with Gasteiger partial charge in [-0.25, -0.2) is 0 Å². The normalized spacial score (nSPS) is 20.6. The standard InChI is InChI=1S/C17H19ClF3N3O/c1-23-9-12(8-22-23)16(25)24-6-2-3-11(10-24)14-5-4-13(18)7-15(14)17(19,20)21/h4-5,7-9,11,16,25H,2-3,6,10H2,1H3. The number of aromatic nitrogens is 2. The smallest absolute Gasteiger partial charge is 0.374 e. The average Bonchev–Trinajstić information content (AvgIpc) is 3.00. The highest BCUT2D eigenvalue weighted by molar-refractivity contribution is 6.30. The molecule has 2 aromatic rings. The number of nitrogens with zero attached hydrogens (tertiary/aromatic N) is 3. The van der Waals surface area contributed by atoms with Crippen molar-refractivity contribution in [1.82, 2.24) is 14.7 Å².